The van der Waals surface area contributed by atoms with E-state index in [2.05, 4.69) is 15.4 Å². The molecule has 0 spiro atoms. The van der Waals surface area contributed by atoms with Gasteiger partial charge in [0.15, 0.2) is 0 Å². The standard InChI is InChI=1S/C7H11N3O/c11-5-3-1-2-4-7-6-8-10-9-7/h3,5-6,11H,1-2,4H2,(H,8,9,10)/b5-3+. The third-order valence-corrected chi connectivity index (χ3v) is 1.38. The monoisotopic (exact) mass is 153 g/mol. The first-order valence-corrected chi connectivity index (χ1v) is 3.58. The molecule has 0 fully saturated rings. The van der Waals surface area contributed by atoms with E-state index in [-0.39, 0.29) is 0 Å². The van der Waals surface area contributed by atoms with Crippen molar-refractivity contribution in [1.29, 1.82) is 0 Å². The number of aliphatic hydroxyl groups excluding tert-OH is 1. The molecule has 0 aromatic carbocycles. The van der Waals surface area contributed by atoms with Gasteiger partial charge in [-0.2, -0.15) is 0 Å². The third-order valence-electron chi connectivity index (χ3n) is 1.38. The van der Waals surface area contributed by atoms with E-state index in [1.807, 2.05) is 0 Å². The summed E-state index contributed by atoms with van der Waals surface area (Å²) < 4.78 is 0. The van der Waals surface area contributed by atoms with Crippen LogP contribution in [0.3, 0.4) is 0 Å². The molecule has 4 nitrogen and oxygen atoms in total. The lowest BCUT2D eigenvalue weighted by Gasteiger charge is -1.89. The first-order chi connectivity index (χ1) is 5.43. The van der Waals surface area contributed by atoms with Gasteiger partial charge in [-0.3, -0.25) is 5.10 Å². The number of rotatable bonds is 4. The summed E-state index contributed by atoms with van der Waals surface area (Å²) in [6, 6.07) is 0. The van der Waals surface area contributed by atoms with E-state index in [4.69, 9.17) is 5.11 Å². The van der Waals surface area contributed by atoms with Crippen LogP contribution < -0.4 is 0 Å². The van der Waals surface area contributed by atoms with Crippen molar-refractivity contribution < 1.29 is 5.11 Å². The zero-order valence-electron chi connectivity index (χ0n) is 6.20. The molecule has 0 unspecified atom stereocenters. The van der Waals surface area contributed by atoms with Crippen molar-refractivity contribution >= 4 is 0 Å². The number of aromatic nitrogens is 3. The first kappa shape index (κ1) is 7.78. The molecular formula is C7H11N3O. The topological polar surface area (TPSA) is 61.8 Å². The Morgan fingerprint density at radius 1 is 1.64 bits per heavy atom. The molecule has 0 aliphatic rings. The minimum absolute atomic E-state index is 0.878. The Kier molecular flexibility index (Phi) is 3.18. The molecule has 0 atom stereocenters. The molecule has 0 aliphatic carbocycles. The summed E-state index contributed by atoms with van der Waals surface area (Å²) in [6.45, 7) is 0. The Hall–Kier alpha value is -1.32. The number of aromatic amines is 1. The van der Waals surface area contributed by atoms with Gasteiger partial charge in [-0.15, -0.1) is 5.10 Å². The molecule has 2 N–H and O–H groups in total. The molecule has 0 aliphatic heterocycles. The van der Waals surface area contributed by atoms with E-state index in [1.165, 1.54) is 0 Å². The highest BCUT2D eigenvalue weighted by Gasteiger charge is 1.92. The maximum Gasteiger partial charge on any atom is 0.0824 e. The second-order valence-electron chi connectivity index (χ2n) is 2.24. The zero-order valence-corrected chi connectivity index (χ0v) is 6.20. The van der Waals surface area contributed by atoms with E-state index in [0.29, 0.717) is 0 Å². The van der Waals surface area contributed by atoms with E-state index in [9.17, 15) is 0 Å². The Balaban J connectivity index is 2.14. The van der Waals surface area contributed by atoms with Crippen LogP contribution in [0.5, 0.6) is 0 Å². The summed E-state index contributed by atoms with van der Waals surface area (Å²) in [5, 5.41) is 18.4. The number of nitrogens with zero attached hydrogens (tertiary/aromatic N) is 2. The highest BCUT2D eigenvalue weighted by Crippen LogP contribution is 1.99. The predicted molar refractivity (Wildman–Crippen MR) is 41.1 cm³/mol. The smallest absolute Gasteiger partial charge is 0.0824 e. The maximum absolute atomic E-state index is 8.31. The second kappa shape index (κ2) is 4.49. The van der Waals surface area contributed by atoms with Crippen LogP contribution in [0.15, 0.2) is 18.5 Å². The third kappa shape index (κ3) is 2.84. The molecule has 0 saturated heterocycles. The zero-order chi connectivity index (χ0) is 7.94. The summed E-state index contributed by atoms with van der Waals surface area (Å²) in [5.41, 5.74) is 0.969. The van der Waals surface area contributed by atoms with E-state index < -0.39 is 0 Å². The Morgan fingerprint density at radius 2 is 2.55 bits per heavy atom. The van der Waals surface area contributed by atoms with Crippen molar-refractivity contribution in [3.63, 3.8) is 0 Å². The van der Waals surface area contributed by atoms with Gasteiger partial charge in [0.25, 0.3) is 0 Å². The van der Waals surface area contributed by atoms with Crippen LogP contribution in [0.1, 0.15) is 18.5 Å². The molecule has 4 heteroatoms. The molecule has 60 valence electrons. The summed E-state index contributed by atoms with van der Waals surface area (Å²) in [5.74, 6) is 0. The van der Waals surface area contributed by atoms with E-state index >= 15 is 0 Å². The van der Waals surface area contributed by atoms with Gasteiger partial charge in [0.1, 0.15) is 0 Å². The maximum atomic E-state index is 8.31. The average Bonchev–Trinajstić information content (AvgIpc) is 2.50. The molecule has 0 radical (unpaired) electrons. The molecule has 1 rings (SSSR count). The fourth-order valence-electron chi connectivity index (χ4n) is 0.823. The largest absolute Gasteiger partial charge is 0.516 e. The average molecular weight is 153 g/mol. The molecule has 1 aromatic rings. The normalized spacial score (nSPS) is 10.9. The molecule has 0 amide bonds. The lowest BCUT2D eigenvalue weighted by molar-refractivity contribution is 0.470. The van der Waals surface area contributed by atoms with Gasteiger partial charge in [0.2, 0.25) is 0 Å². The minimum Gasteiger partial charge on any atom is -0.516 e. The quantitative estimate of drug-likeness (QED) is 0.504. The summed E-state index contributed by atoms with van der Waals surface area (Å²) >= 11 is 0. The van der Waals surface area contributed by atoms with Gasteiger partial charge < -0.3 is 5.11 Å². The van der Waals surface area contributed by atoms with E-state index in [1.54, 1.807) is 12.3 Å². The summed E-state index contributed by atoms with van der Waals surface area (Å²) in [7, 11) is 0. The van der Waals surface area contributed by atoms with Crippen LogP contribution in [0.25, 0.3) is 0 Å². The highest BCUT2D eigenvalue weighted by molar-refractivity contribution is 4.90. The van der Waals surface area contributed by atoms with Crippen molar-refractivity contribution in [1.82, 2.24) is 15.4 Å². The van der Waals surface area contributed by atoms with Gasteiger partial charge in [0.05, 0.1) is 12.0 Å². The Bertz CT molecular complexity index is 205. The van der Waals surface area contributed by atoms with E-state index in [0.717, 1.165) is 31.2 Å². The Labute approximate surface area is 64.9 Å². The van der Waals surface area contributed by atoms with Crippen LogP contribution in [0, 0.1) is 0 Å². The van der Waals surface area contributed by atoms with Gasteiger partial charge in [-0.05, 0) is 19.3 Å². The number of aliphatic hydroxyl groups is 1. The molecule has 1 aromatic heterocycles. The molecule has 1 heterocycles. The van der Waals surface area contributed by atoms with Gasteiger partial charge in [-0.25, -0.2) is 0 Å². The fraction of sp³-hybridized carbons (Fsp3) is 0.429. The molecule has 0 bridgehead atoms. The first-order valence-electron chi connectivity index (χ1n) is 3.58. The van der Waals surface area contributed by atoms with Crippen LogP contribution in [0.2, 0.25) is 0 Å². The summed E-state index contributed by atoms with van der Waals surface area (Å²) in [4.78, 5) is 0. The number of unbranched alkanes of at least 4 members (excludes halogenated alkanes) is 1. The number of nitrogens with one attached hydrogen (secondary N) is 1. The number of allylic oxidation sites excluding steroid dienone is 1. The lowest BCUT2D eigenvalue weighted by atomic mass is 10.2. The lowest BCUT2D eigenvalue weighted by Crippen LogP contribution is -1.84. The summed E-state index contributed by atoms with van der Waals surface area (Å²) in [6.07, 6.45) is 7.35. The van der Waals surface area contributed by atoms with Gasteiger partial charge in [0, 0.05) is 6.20 Å². The number of hydrogen-bond acceptors (Lipinski definition) is 3. The van der Waals surface area contributed by atoms with Gasteiger partial charge in [-0.1, -0.05) is 11.3 Å². The van der Waals surface area contributed by atoms with Crippen LogP contribution in [0.4, 0.5) is 0 Å². The van der Waals surface area contributed by atoms with Crippen molar-refractivity contribution in [2.45, 2.75) is 19.3 Å². The fourth-order valence-corrected chi connectivity index (χ4v) is 0.823. The van der Waals surface area contributed by atoms with Crippen LogP contribution in [-0.4, -0.2) is 20.5 Å². The second-order valence-corrected chi connectivity index (χ2v) is 2.24. The van der Waals surface area contributed by atoms with Crippen molar-refractivity contribution in [3.05, 3.63) is 24.2 Å². The van der Waals surface area contributed by atoms with Crippen LogP contribution in [-0.2, 0) is 6.42 Å². The van der Waals surface area contributed by atoms with Crippen LogP contribution >= 0.6 is 0 Å². The number of aryl methyl sites for hydroxylation is 1. The molecular weight excluding hydrogens is 142 g/mol. The molecule has 0 saturated carbocycles. The predicted octanol–water partition coefficient (Wildman–Crippen LogP) is 1.20. The SMILES string of the molecule is O/C=C/CCCc1c[nH]nn1. The molecule has 11 heavy (non-hydrogen) atoms. The Morgan fingerprint density at radius 3 is 3.18 bits per heavy atom. The van der Waals surface area contributed by atoms with Crippen molar-refractivity contribution in [3.8, 4) is 0 Å². The highest BCUT2D eigenvalue weighted by atomic mass is 16.2. The minimum atomic E-state index is 0.878. The number of hydrogen-bond donors (Lipinski definition) is 2. The van der Waals surface area contributed by atoms with Crippen molar-refractivity contribution in [2.75, 3.05) is 0 Å². The number of H-pyrrole nitrogens is 1. The van der Waals surface area contributed by atoms with Gasteiger partial charge >= 0.3 is 0 Å². The van der Waals surface area contributed by atoms with Crippen molar-refractivity contribution in [2.24, 2.45) is 0 Å².